The number of H-pyrrole nitrogens is 1. The number of amides is 6. The van der Waals surface area contributed by atoms with Crippen LogP contribution in [0.25, 0.3) is 5.65 Å². The van der Waals surface area contributed by atoms with Gasteiger partial charge >= 0.3 is 0 Å². The number of nitrogens with one attached hydrogen (secondary N) is 7. The van der Waals surface area contributed by atoms with Gasteiger partial charge in [-0.3, -0.25) is 44.0 Å². The van der Waals surface area contributed by atoms with Crippen molar-refractivity contribution < 1.29 is 46.7 Å². The fraction of sp³-hybridized carbons (Fsp3) is 0.484. The van der Waals surface area contributed by atoms with Crippen molar-refractivity contribution in [2.24, 2.45) is 10.1 Å². The Bertz CT molecular complexity index is 5290. The molecule has 2 aliphatic heterocycles. The Labute approximate surface area is 782 Å². The van der Waals surface area contributed by atoms with Crippen LogP contribution in [0.1, 0.15) is 278 Å². The van der Waals surface area contributed by atoms with Crippen LogP contribution >= 0.6 is 92.8 Å². The molecule has 126 heavy (non-hydrogen) atoms. The Morgan fingerprint density at radius 1 is 0.540 bits per heavy atom. The van der Waals surface area contributed by atoms with Gasteiger partial charge in [-0.15, -0.1) is 10.2 Å². The number of ether oxygens (including phenoxy) is 2. The van der Waals surface area contributed by atoms with E-state index >= 15 is 0 Å². The predicted octanol–water partition coefficient (Wildman–Crippen LogP) is 24.8. The van der Waals surface area contributed by atoms with E-state index in [0.29, 0.717) is 84.4 Å². The Kier molecular flexibility index (Phi) is 38.2. The predicted molar refractivity (Wildman–Crippen MR) is 516 cm³/mol. The second-order valence-corrected chi connectivity index (χ2v) is 40.1. The summed E-state index contributed by atoms with van der Waals surface area (Å²) in [4.78, 5) is 81.3. The highest BCUT2D eigenvalue weighted by Gasteiger charge is 2.45. The molecule has 7 N–H and O–H groups in total. The van der Waals surface area contributed by atoms with Gasteiger partial charge in [-0.05, 0) is 135 Å². The number of benzene rings is 6. The first kappa shape index (κ1) is 103. The van der Waals surface area contributed by atoms with Crippen molar-refractivity contribution >= 4 is 190 Å². The number of hydrazine groups is 1. The van der Waals surface area contributed by atoms with Gasteiger partial charge in [0.15, 0.2) is 24.7 Å². The van der Waals surface area contributed by atoms with E-state index in [1.165, 1.54) is 105 Å². The third kappa shape index (κ3) is 29.1. The van der Waals surface area contributed by atoms with Crippen LogP contribution in [0.4, 0.5) is 34.1 Å². The number of amidine groups is 2. The summed E-state index contributed by atoms with van der Waals surface area (Å²) in [7, 11) is -3.55. The first-order chi connectivity index (χ1) is 59.4. The molecule has 1 saturated heterocycles. The minimum Gasteiger partial charge on any atom is -0.483 e. The summed E-state index contributed by atoms with van der Waals surface area (Å²) < 4.78 is 41.6. The van der Waals surface area contributed by atoms with E-state index < -0.39 is 32.8 Å². The van der Waals surface area contributed by atoms with Gasteiger partial charge in [0, 0.05) is 55.3 Å². The molecular formula is C93H120Cl8N14O10S. The average molecular weight is 1910 g/mol. The van der Waals surface area contributed by atoms with Crippen LogP contribution in [0.3, 0.4) is 0 Å². The number of halogens is 8. The average Bonchev–Trinajstić information content (AvgIpc) is 1.58. The van der Waals surface area contributed by atoms with Crippen molar-refractivity contribution in [3.63, 3.8) is 0 Å². The van der Waals surface area contributed by atoms with Crippen molar-refractivity contribution in [3.05, 3.63) is 178 Å². The van der Waals surface area contributed by atoms with E-state index in [1.807, 2.05) is 33.8 Å². The maximum atomic E-state index is 13.1. The number of aliphatic imine (C=N–C) groups is 1. The fourth-order valence-corrected chi connectivity index (χ4v) is 17.5. The maximum absolute atomic E-state index is 13.1. The summed E-state index contributed by atoms with van der Waals surface area (Å²) in [6.45, 7) is 30.9. The quantitative estimate of drug-likeness (QED) is 0.0176. The van der Waals surface area contributed by atoms with Gasteiger partial charge in [0.05, 0.1) is 60.8 Å². The number of hydrazone groups is 1. The monoisotopic (exact) mass is 1900 g/mol. The normalized spacial score (nSPS) is 13.5. The van der Waals surface area contributed by atoms with Crippen LogP contribution in [-0.2, 0) is 55.7 Å². The van der Waals surface area contributed by atoms with E-state index in [0.717, 1.165) is 67.6 Å². The zero-order valence-electron chi connectivity index (χ0n) is 74.7. The smallest absolute Gasteiger partial charge is 0.262 e. The maximum Gasteiger partial charge on any atom is 0.262 e. The van der Waals surface area contributed by atoms with Crippen molar-refractivity contribution in [2.75, 3.05) is 44.3 Å². The van der Waals surface area contributed by atoms with Crippen LogP contribution < -0.4 is 50.9 Å². The molecule has 0 bridgehead atoms. The lowest BCUT2D eigenvalue weighted by Gasteiger charge is -2.40. The molecule has 6 amide bonds. The van der Waals surface area contributed by atoms with E-state index in [9.17, 15) is 37.2 Å². The Hall–Kier alpha value is -8.37. The number of anilines is 5. The molecule has 684 valence electrons. The lowest BCUT2D eigenvalue weighted by molar-refractivity contribution is -0.125. The standard InChI is InChI=1S/C34H37Cl3N4O4.C30H47ClN6O4S.C29H36Cl4N4O2/c1-7-33(3,4)21-12-13-27(24(15-21)34(5,6)8-2)45-19-29(42)38-23-11-9-10-20(14-23)32(44)39-28-18-30(43)41(40-28)31-25(36)16-22(35)17-26(31)37;1-9-10-11-12-13-16-19-42(39,40)36-21-17-14-15-18-22(21)41-20-23(38)32-30(7,8)29(5,6)27-34-33-26-24(31)25(28(2,3)4)35-37(26)27;1-2-3-4-5-6-7-8-9-10-11-12-13-27(38)34-21-14-15-22(31)25(18-21)35-26-19-28(39)37(36-26)29-23(32)16-20(30)17-24(29)33/h9-17H,7-8,18-19H2,1-6H3,(H,38,42)(H,39,40,44);14-15,17-18,35-36H,9-13,16,19-20H2,1-8H3,(H,32,38);14-18H,2-13,19H2,1H3,(H,34,38)(H,35,36). The molecule has 2 aliphatic rings. The lowest BCUT2D eigenvalue weighted by Crippen LogP contribution is -2.57. The summed E-state index contributed by atoms with van der Waals surface area (Å²) in [5, 5.41) is 32.3. The van der Waals surface area contributed by atoms with Crippen molar-refractivity contribution in [3.8, 4) is 11.5 Å². The number of sulfonamides is 1. The molecule has 1 fully saturated rings. The summed E-state index contributed by atoms with van der Waals surface area (Å²) in [5.74, 6) is 0.102. The number of aromatic amines is 1. The molecule has 8 aromatic rings. The van der Waals surface area contributed by atoms with Crippen molar-refractivity contribution in [2.45, 2.75) is 272 Å². The number of unbranched alkanes of at least 4 members (excludes halogenated alkanes) is 15. The van der Waals surface area contributed by atoms with Crippen LogP contribution in [0, 0.1) is 0 Å². The highest BCUT2D eigenvalue weighted by Crippen LogP contribution is 2.44. The Morgan fingerprint density at radius 3 is 1.70 bits per heavy atom. The first-order valence-corrected chi connectivity index (χ1v) is 47.7. The summed E-state index contributed by atoms with van der Waals surface area (Å²) >= 11 is 50.0. The molecule has 4 heterocycles. The van der Waals surface area contributed by atoms with Crippen LogP contribution in [0.2, 0.25) is 40.2 Å². The zero-order valence-corrected chi connectivity index (χ0v) is 81.6. The van der Waals surface area contributed by atoms with Gasteiger partial charge in [0.1, 0.15) is 39.6 Å². The number of para-hydroxylation sites is 2. The van der Waals surface area contributed by atoms with Crippen LogP contribution in [0.15, 0.2) is 119 Å². The minimum atomic E-state index is -3.55. The van der Waals surface area contributed by atoms with Crippen molar-refractivity contribution in [1.82, 2.24) is 35.9 Å². The second-order valence-electron chi connectivity index (χ2n) is 35.0. The molecule has 0 unspecified atom stereocenters. The molecule has 33 heteroatoms. The number of nitrogens with zero attached hydrogens (tertiary/aromatic N) is 7. The number of fused-ring (bicyclic) bond motifs is 1. The zero-order chi connectivity index (χ0) is 92.7. The summed E-state index contributed by atoms with van der Waals surface area (Å²) in [6.07, 6.45) is 21.8. The lowest BCUT2D eigenvalue weighted by atomic mass is 9.73. The second kappa shape index (κ2) is 46.8. The van der Waals surface area contributed by atoms with Gasteiger partial charge in [0.25, 0.3) is 29.5 Å². The molecule has 6 aromatic carbocycles. The van der Waals surface area contributed by atoms with Crippen molar-refractivity contribution in [1.29, 1.82) is 0 Å². The highest BCUT2D eigenvalue weighted by atomic mass is 35.5. The minimum absolute atomic E-state index is 0.00105. The van der Waals surface area contributed by atoms with E-state index in [2.05, 4.69) is 145 Å². The van der Waals surface area contributed by atoms with Gasteiger partial charge < -0.3 is 30.7 Å². The SMILES string of the molecule is CCC(C)(C)c1ccc(OCC(=O)Nc2cccc(C(=O)NC3=NN(c4c(Cl)cc(Cl)cc4Cl)C(=O)C3)c2)c(C(C)(C)CC)c1.CCCCCCCCCCCCCC(=O)Nc1ccc(Cl)c(N=C2CC(=O)N(c3c(Cl)cc(Cl)cc3Cl)N2)c1.CCCCCCCCS(=O)(=O)Nc1ccccc1OCC(=O)NC(C)(C)C(C)(C)c1nnc2c(Cl)c(C(C)(C)C)[nH]n12. The van der Waals surface area contributed by atoms with Gasteiger partial charge in [-0.25, -0.2) is 22.9 Å². The van der Waals surface area contributed by atoms with Crippen LogP contribution in [0.5, 0.6) is 11.5 Å². The van der Waals surface area contributed by atoms with E-state index in [1.54, 1.807) is 65.2 Å². The van der Waals surface area contributed by atoms with Gasteiger partial charge in [-0.2, -0.15) is 10.1 Å². The largest absolute Gasteiger partial charge is 0.483 e. The number of carbonyl (C=O) groups is 6. The third-order valence-electron chi connectivity index (χ3n) is 22.7. The molecule has 0 saturated carbocycles. The number of hydrogen-bond donors (Lipinski definition) is 7. The Morgan fingerprint density at radius 2 is 1.10 bits per heavy atom. The van der Waals surface area contributed by atoms with E-state index in [4.69, 9.17) is 102 Å². The molecule has 0 spiro atoms. The topological polar surface area (TPSA) is 304 Å². The van der Waals surface area contributed by atoms with Gasteiger partial charge in [-0.1, -0.05) is 309 Å². The molecule has 2 aromatic heterocycles. The number of hydrogen-bond acceptors (Lipinski definition) is 14. The summed E-state index contributed by atoms with van der Waals surface area (Å²) in [5.41, 5.74) is 7.25. The number of rotatable bonds is 40. The molecule has 0 radical (unpaired) electrons. The molecule has 24 nitrogen and oxygen atoms in total. The molecular weight excluding hydrogens is 1790 g/mol. The van der Waals surface area contributed by atoms with E-state index in [-0.39, 0.29) is 115 Å². The first-order valence-electron chi connectivity index (χ1n) is 43.0. The fourth-order valence-electron chi connectivity index (χ4n) is 13.8. The molecule has 0 atom stereocenters. The Balaban J connectivity index is 0.000000235. The third-order valence-corrected chi connectivity index (χ3v) is 26.3. The number of carbonyl (C=O) groups excluding carboxylic acids is 6. The van der Waals surface area contributed by atoms with Crippen LogP contribution in [-0.4, -0.2) is 99.8 Å². The molecule has 0 aliphatic carbocycles. The molecule has 10 rings (SSSR count). The number of aromatic nitrogens is 4. The highest BCUT2D eigenvalue weighted by molar-refractivity contribution is 7.92. The summed E-state index contributed by atoms with van der Waals surface area (Å²) in [6, 6.07) is 30.4. The van der Waals surface area contributed by atoms with Gasteiger partial charge in [0.2, 0.25) is 15.9 Å².